The predicted octanol–water partition coefficient (Wildman–Crippen LogP) is 2.49. The molecule has 0 bridgehead atoms. The lowest BCUT2D eigenvalue weighted by Gasteiger charge is -2.11. The third-order valence-corrected chi connectivity index (χ3v) is 2.63. The smallest absolute Gasteiger partial charge is 0.239 e. The molecule has 2 N–H and O–H groups in total. The van der Waals surface area contributed by atoms with Crippen molar-refractivity contribution in [2.24, 2.45) is 0 Å². The van der Waals surface area contributed by atoms with Crippen LogP contribution in [0.25, 0.3) is 0 Å². The van der Waals surface area contributed by atoms with E-state index in [0.717, 1.165) is 12.1 Å². The van der Waals surface area contributed by atoms with Crippen LogP contribution in [0, 0.1) is 6.92 Å². The van der Waals surface area contributed by atoms with Gasteiger partial charge in [-0.15, -0.1) is 0 Å². The highest BCUT2D eigenvalue weighted by Crippen LogP contribution is 2.15. The fourth-order valence-corrected chi connectivity index (χ4v) is 1.76. The Bertz CT molecular complexity index is 386. The maximum Gasteiger partial charge on any atom is 0.239 e. The van der Waals surface area contributed by atoms with Gasteiger partial charge in [0.25, 0.3) is 0 Å². The van der Waals surface area contributed by atoms with Gasteiger partial charge >= 0.3 is 0 Å². The van der Waals surface area contributed by atoms with E-state index in [1.807, 2.05) is 19.9 Å². The van der Waals surface area contributed by atoms with Gasteiger partial charge in [0.2, 0.25) is 5.91 Å². The van der Waals surface area contributed by atoms with Crippen molar-refractivity contribution < 1.29 is 4.79 Å². The van der Waals surface area contributed by atoms with Gasteiger partial charge in [0, 0.05) is 11.7 Å². The molecule has 1 amide bonds. The van der Waals surface area contributed by atoms with Crippen LogP contribution in [-0.4, -0.2) is 18.5 Å². The van der Waals surface area contributed by atoms with Crippen molar-refractivity contribution >= 4 is 11.6 Å². The molecule has 0 aliphatic carbocycles. The third-order valence-electron chi connectivity index (χ3n) is 2.63. The van der Waals surface area contributed by atoms with Crippen LogP contribution in [0.5, 0.6) is 0 Å². The molecule has 0 aliphatic rings. The van der Waals surface area contributed by atoms with Crippen molar-refractivity contribution in [1.82, 2.24) is 5.32 Å². The fraction of sp³-hybridized carbons (Fsp3) is 0.500. The maximum atomic E-state index is 11.5. The van der Waals surface area contributed by atoms with E-state index in [9.17, 15) is 4.79 Å². The van der Waals surface area contributed by atoms with Gasteiger partial charge in [0.15, 0.2) is 0 Å². The van der Waals surface area contributed by atoms with Gasteiger partial charge in [-0.2, -0.15) is 0 Å². The zero-order chi connectivity index (χ0) is 12.8. The number of aryl methyl sites for hydroxylation is 2. The Hall–Kier alpha value is -1.51. The normalized spacial score (nSPS) is 10.4. The zero-order valence-corrected chi connectivity index (χ0v) is 11.1. The minimum Gasteiger partial charge on any atom is -0.376 e. The van der Waals surface area contributed by atoms with Crippen molar-refractivity contribution in [2.75, 3.05) is 11.9 Å². The Balaban J connectivity index is 2.52. The van der Waals surface area contributed by atoms with Crippen LogP contribution in [0.3, 0.4) is 0 Å². The number of hydrogen-bond acceptors (Lipinski definition) is 2. The summed E-state index contributed by atoms with van der Waals surface area (Å²) < 4.78 is 0. The molecule has 0 aromatic heterocycles. The lowest BCUT2D eigenvalue weighted by molar-refractivity contribution is -0.119. The van der Waals surface area contributed by atoms with Crippen molar-refractivity contribution in [1.29, 1.82) is 0 Å². The molecule has 0 aliphatic heterocycles. The number of benzene rings is 1. The largest absolute Gasteiger partial charge is 0.376 e. The van der Waals surface area contributed by atoms with Gasteiger partial charge in [-0.1, -0.05) is 13.0 Å². The summed E-state index contributed by atoms with van der Waals surface area (Å²) in [6, 6.07) is 6.40. The summed E-state index contributed by atoms with van der Waals surface area (Å²) in [5.41, 5.74) is 3.61. The first-order chi connectivity index (χ1) is 8.02. The molecule has 0 saturated heterocycles. The number of carbonyl (C=O) groups is 1. The highest BCUT2D eigenvalue weighted by molar-refractivity contribution is 5.80. The van der Waals surface area contributed by atoms with E-state index >= 15 is 0 Å². The average molecular weight is 234 g/mol. The maximum absolute atomic E-state index is 11.5. The fourth-order valence-electron chi connectivity index (χ4n) is 1.76. The summed E-state index contributed by atoms with van der Waals surface area (Å²) in [7, 11) is 0. The first-order valence-corrected chi connectivity index (χ1v) is 6.15. The molecule has 1 aromatic rings. The Morgan fingerprint density at radius 2 is 2.06 bits per heavy atom. The lowest BCUT2D eigenvalue weighted by Crippen LogP contribution is -2.34. The molecule has 0 saturated carbocycles. The molecular weight excluding hydrogens is 212 g/mol. The molecule has 3 nitrogen and oxygen atoms in total. The SMILES string of the molecule is CCc1ccc(NCC(=O)NC(C)C)cc1C. The Kier molecular flexibility index (Phi) is 5.01. The number of anilines is 1. The molecule has 94 valence electrons. The van der Waals surface area contributed by atoms with E-state index in [1.165, 1.54) is 11.1 Å². The second-order valence-electron chi connectivity index (χ2n) is 4.57. The van der Waals surface area contributed by atoms with Crippen LogP contribution in [0.2, 0.25) is 0 Å². The molecule has 3 heteroatoms. The van der Waals surface area contributed by atoms with Crippen molar-refractivity contribution in [3.63, 3.8) is 0 Å². The van der Waals surface area contributed by atoms with Gasteiger partial charge < -0.3 is 10.6 Å². The van der Waals surface area contributed by atoms with Crippen LogP contribution in [-0.2, 0) is 11.2 Å². The molecular formula is C14H22N2O. The highest BCUT2D eigenvalue weighted by atomic mass is 16.1. The second-order valence-corrected chi connectivity index (χ2v) is 4.57. The van der Waals surface area contributed by atoms with E-state index in [4.69, 9.17) is 0 Å². The number of amides is 1. The van der Waals surface area contributed by atoms with Crippen LogP contribution >= 0.6 is 0 Å². The molecule has 1 rings (SSSR count). The molecule has 0 radical (unpaired) electrons. The monoisotopic (exact) mass is 234 g/mol. The van der Waals surface area contributed by atoms with Gasteiger partial charge in [-0.25, -0.2) is 0 Å². The van der Waals surface area contributed by atoms with Crippen LogP contribution < -0.4 is 10.6 Å². The Labute approximate surface area is 104 Å². The molecule has 0 heterocycles. The minimum atomic E-state index is 0.0252. The standard InChI is InChI=1S/C14H22N2O/c1-5-12-6-7-13(8-11(12)4)15-9-14(17)16-10(2)3/h6-8,10,15H,5,9H2,1-4H3,(H,16,17). The summed E-state index contributed by atoms with van der Waals surface area (Å²) >= 11 is 0. The van der Waals surface area contributed by atoms with Gasteiger partial charge in [-0.05, 0) is 50.5 Å². The highest BCUT2D eigenvalue weighted by Gasteiger charge is 2.03. The summed E-state index contributed by atoms with van der Waals surface area (Å²) in [6.07, 6.45) is 1.04. The second kappa shape index (κ2) is 6.28. The van der Waals surface area contributed by atoms with Gasteiger partial charge in [0.05, 0.1) is 6.54 Å². The summed E-state index contributed by atoms with van der Waals surface area (Å²) in [5, 5.41) is 5.98. The average Bonchev–Trinajstić information content (AvgIpc) is 2.25. The number of hydrogen-bond donors (Lipinski definition) is 2. The third kappa shape index (κ3) is 4.47. The van der Waals surface area contributed by atoms with Gasteiger partial charge in [-0.3, -0.25) is 4.79 Å². The number of rotatable bonds is 5. The number of nitrogens with one attached hydrogen (secondary N) is 2. The van der Waals surface area contributed by atoms with Crippen LogP contribution in [0.1, 0.15) is 31.9 Å². The van der Waals surface area contributed by atoms with E-state index < -0.39 is 0 Å². The molecule has 0 spiro atoms. The Morgan fingerprint density at radius 1 is 1.35 bits per heavy atom. The van der Waals surface area contributed by atoms with Crippen molar-refractivity contribution in [2.45, 2.75) is 40.2 Å². The van der Waals surface area contributed by atoms with Gasteiger partial charge in [0.1, 0.15) is 0 Å². The Morgan fingerprint density at radius 3 is 2.59 bits per heavy atom. The summed E-state index contributed by atoms with van der Waals surface area (Å²) in [4.78, 5) is 11.5. The molecule has 17 heavy (non-hydrogen) atoms. The summed E-state index contributed by atoms with van der Waals surface area (Å²) in [5.74, 6) is 0.0252. The van der Waals surface area contributed by atoms with Crippen LogP contribution in [0.4, 0.5) is 5.69 Å². The molecule has 0 atom stereocenters. The first-order valence-electron chi connectivity index (χ1n) is 6.15. The van der Waals surface area contributed by atoms with E-state index in [2.05, 4.69) is 36.6 Å². The van der Waals surface area contributed by atoms with E-state index in [-0.39, 0.29) is 11.9 Å². The molecule has 0 unspecified atom stereocenters. The van der Waals surface area contributed by atoms with Crippen molar-refractivity contribution in [3.05, 3.63) is 29.3 Å². The molecule has 1 aromatic carbocycles. The zero-order valence-electron chi connectivity index (χ0n) is 11.1. The van der Waals surface area contributed by atoms with E-state index in [1.54, 1.807) is 0 Å². The minimum absolute atomic E-state index is 0.0252. The lowest BCUT2D eigenvalue weighted by atomic mass is 10.1. The first kappa shape index (κ1) is 13.6. The number of carbonyl (C=O) groups excluding carboxylic acids is 1. The quantitative estimate of drug-likeness (QED) is 0.822. The predicted molar refractivity (Wildman–Crippen MR) is 72.3 cm³/mol. The topological polar surface area (TPSA) is 41.1 Å². The summed E-state index contributed by atoms with van der Waals surface area (Å²) in [6.45, 7) is 8.48. The van der Waals surface area contributed by atoms with Crippen molar-refractivity contribution in [3.8, 4) is 0 Å². The molecule has 0 fully saturated rings. The van der Waals surface area contributed by atoms with E-state index in [0.29, 0.717) is 6.54 Å². The van der Waals surface area contributed by atoms with Crippen LogP contribution in [0.15, 0.2) is 18.2 Å².